The van der Waals surface area contributed by atoms with Gasteiger partial charge in [-0.15, -0.1) is 0 Å². The predicted molar refractivity (Wildman–Crippen MR) is 130 cm³/mol. The number of benzene rings is 2. The number of hydrogen-bond acceptors (Lipinski definition) is 3. The van der Waals surface area contributed by atoms with E-state index in [4.69, 9.17) is 4.74 Å². The number of aromatic nitrogens is 1. The molecule has 0 spiro atoms. The van der Waals surface area contributed by atoms with Crippen molar-refractivity contribution in [2.45, 2.75) is 64.1 Å². The number of nitrogens with zero attached hydrogens (tertiary/aromatic N) is 2. The number of hydrogen-bond donors (Lipinski definition) is 1. The Morgan fingerprint density at radius 1 is 1.09 bits per heavy atom. The zero-order chi connectivity index (χ0) is 23.0. The van der Waals surface area contributed by atoms with Crippen molar-refractivity contribution in [1.82, 2.24) is 9.88 Å². The SMILES string of the molecule is CCOc1ccc(N2C(=O)c3cc4ccccc4n3CC2(C)C(=O)NC2CCCCC2)cc1. The van der Waals surface area contributed by atoms with Gasteiger partial charge in [-0.05, 0) is 63.1 Å². The average Bonchev–Trinajstić information content (AvgIpc) is 3.20. The van der Waals surface area contributed by atoms with Crippen LogP contribution in [-0.2, 0) is 11.3 Å². The molecular weight excluding hydrogens is 414 g/mol. The molecule has 0 saturated heterocycles. The number of anilines is 1. The van der Waals surface area contributed by atoms with Crippen LogP contribution in [0.4, 0.5) is 5.69 Å². The Labute approximate surface area is 194 Å². The van der Waals surface area contributed by atoms with Crippen molar-refractivity contribution in [2.24, 2.45) is 0 Å². The lowest BCUT2D eigenvalue weighted by Crippen LogP contribution is -2.65. The van der Waals surface area contributed by atoms with E-state index in [9.17, 15) is 9.59 Å². The molecule has 0 radical (unpaired) electrons. The Morgan fingerprint density at radius 2 is 1.82 bits per heavy atom. The lowest BCUT2D eigenvalue weighted by atomic mass is 9.91. The van der Waals surface area contributed by atoms with Crippen LogP contribution in [-0.4, -0.2) is 34.6 Å². The van der Waals surface area contributed by atoms with Gasteiger partial charge in [0.1, 0.15) is 17.0 Å². The van der Waals surface area contributed by atoms with E-state index in [0.717, 1.165) is 42.3 Å². The van der Waals surface area contributed by atoms with Crippen LogP contribution < -0.4 is 15.0 Å². The highest BCUT2D eigenvalue weighted by atomic mass is 16.5. The summed E-state index contributed by atoms with van der Waals surface area (Å²) in [6.07, 6.45) is 5.48. The molecule has 1 N–H and O–H groups in total. The Morgan fingerprint density at radius 3 is 2.55 bits per heavy atom. The Balaban J connectivity index is 1.58. The molecule has 1 saturated carbocycles. The van der Waals surface area contributed by atoms with Crippen LogP contribution in [0.25, 0.3) is 10.9 Å². The van der Waals surface area contributed by atoms with Gasteiger partial charge in [0.2, 0.25) is 5.91 Å². The summed E-state index contributed by atoms with van der Waals surface area (Å²) in [6, 6.07) is 17.5. The zero-order valence-electron chi connectivity index (χ0n) is 19.3. The Kier molecular flexibility index (Phi) is 5.60. The minimum Gasteiger partial charge on any atom is -0.494 e. The predicted octanol–water partition coefficient (Wildman–Crippen LogP) is 4.91. The number of rotatable bonds is 5. The van der Waals surface area contributed by atoms with Crippen molar-refractivity contribution in [2.75, 3.05) is 11.5 Å². The van der Waals surface area contributed by atoms with Gasteiger partial charge in [-0.1, -0.05) is 37.5 Å². The molecule has 1 fully saturated rings. The summed E-state index contributed by atoms with van der Waals surface area (Å²) in [6.45, 7) is 4.79. The fourth-order valence-electron chi connectivity index (χ4n) is 5.30. The molecule has 5 rings (SSSR count). The molecule has 2 aliphatic rings. The Bertz CT molecular complexity index is 1180. The van der Waals surface area contributed by atoms with E-state index in [2.05, 4.69) is 5.32 Å². The normalized spacial score (nSPS) is 21.2. The average molecular weight is 446 g/mol. The molecule has 2 amide bonds. The van der Waals surface area contributed by atoms with Gasteiger partial charge in [0.05, 0.1) is 13.2 Å². The van der Waals surface area contributed by atoms with Gasteiger partial charge >= 0.3 is 0 Å². The van der Waals surface area contributed by atoms with Gasteiger partial charge < -0.3 is 14.6 Å². The van der Waals surface area contributed by atoms with Crippen LogP contribution >= 0.6 is 0 Å². The summed E-state index contributed by atoms with van der Waals surface area (Å²) >= 11 is 0. The molecule has 6 nitrogen and oxygen atoms in total. The van der Waals surface area contributed by atoms with Gasteiger partial charge in [0.25, 0.3) is 5.91 Å². The molecule has 1 atom stereocenters. The maximum atomic E-state index is 13.9. The fraction of sp³-hybridized carbons (Fsp3) is 0.407. The molecule has 2 aromatic carbocycles. The van der Waals surface area contributed by atoms with Gasteiger partial charge in [-0.3, -0.25) is 14.5 Å². The van der Waals surface area contributed by atoms with Crippen LogP contribution in [0.2, 0.25) is 0 Å². The van der Waals surface area contributed by atoms with E-state index < -0.39 is 5.54 Å². The highest BCUT2D eigenvalue weighted by Crippen LogP contribution is 2.36. The van der Waals surface area contributed by atoms with Crippen LogP contribution in [0.5, 0.6) is 5.75 Å². The minimum atomic E-state index is -1.06. The highest BCUT2D eigenvalue weighted by Gasteiger charge is 2.49. The van der Waals surface area contributed by atoms with Crippen molar-refractivity contribution in [3.05, 3.63) is 60.3 Å². The van der Waals surface area contributed by atoms with E-state index in [1.54, 1.807) is 4.90 Å². The smallest absolute Gasteiger partial charge is 0.275 e. The van der Waals surface area contributed by atoms with Crippen LogP contribution in [0.15, 0.2) is 54.6 Å². The van der Waals surface area contributed by atoms with E-state index in [-0.39, 0.29) is 17.9 Å². The van der Waals surface area contributed by atoms with Crippen LogP contribution in [0, 0.1) is 0 Å². The summed E-state index contributed by atoms with van der Waals surface area (Å²) in [5.41, 5.74) is 1.22. The topological polar surface area (TPSA) is 63.6 Å². The van der Waals surface area contributed by atoms with E-state index in [1.165, 1.54) is 6.42 Å². The van der Waals surface area contributed by atoms with Gasteiger partial charge in [0.15, 0.2) is 0 Å². The van der Waals surface area contributed by atoms with Gasteiger partial charge in [0, 0.05) is 22.6 Å². The second-order valence-electron chi connectivity index (χ2n) is 9.32. The van der Waals surface area contributed by atoms with Crippen LogP contribution in [0.3, 0.4) is 0 Å². The number of carbonyl (C=O) groups excluding carboxylic acids is 2. The lowest BCUT2D eigenvalue weighted by molar-refractivity contribution is -0.127. The molecule has 1 unspecified atom stereocenters. The van der Waals surface area contributed by atoms with Crippen molar-refractivity contribution in [3.8, 4) is 5.75 Å². The molecule has 6 heteroatoms. The highest BCUT2D eigenvalue weighted by molar-refractivity contribution is 6.14. The third-order valence-corrected chi connectivity index (χ3v) is 7.03. The number of fused-ring (bicyclic) bond motifs is 3. The number of ether oxygens (including phenoxy) is 1. The number of para-hydroxylation sites is 1. The summed E-state index contributed by atoms with van der Waals surface area (Å²) in [5.74, 6) is 0.483. The van der Waals surface area contributed by atoms with E-state index in [0.29, 0.717) is 24.5 Å². The maximum Gasteiger partial charge on any atom is 0.275 e. The van der Waals surface area contributed by atoms with Gasteiger partial charge in [-0.25, -0.2) is 0 Å². The molecule has 33 heavy (non-hydrogen) atoms. The first-order valence-corrected chi connectivity index (χ1v) is 12.0. The molecule has 1 aliphatic heterocycles. The van der Waals surface area contributed by atoms with Crippen LogP contribution in [0.1, 0.15) is 56.4 Å². The molecular formula is C27H31N3O3. The third kappa shape index (κ3) is 3.77. The first kappa shape index (κ1) is 21.6. The molecule has 3 aromatic rings. The monoisotopic (exact) mass is 445 g/mol. The van der Waals surface area contributed by atoms with E-state index in [1.807, 2.05) is 73.0 Å². The second-order valence-corrected chi connectivity index (χ2v) is 9.32. The summed E-state index contributed by atoms with van der Waals surface area (Å²) in [5, 5.41) is 4.29. The summed E-state index contributed by atoms with van der Waals surface area (Å²) < 4.78 is 7.59. The lowest BCUT2D eigenvalue weighted by Gasteiger charge is -2.44. The molecule has 1 aromatic heterocycles. The van der Waals surface area contributed by atoms with Crippen molar-refractivity contribution >= 4 is 28.4 Å². The maximum absolute atomic E-state index is 13.9. The molecule has 0 bridgehead atoms. The zero-order valence-corrected chi connectivity index (χ0v) is 19.3. The van der Waals surface area contributed by atoms with Crippen molar-refractivity contribution in [3.63, 3.8) is 0 Å². The quantitative estimate of drug-likeness (QED) is 0.607. The number of carbonyl (C=O) groups is 2. The first-order valence-electron chi connectivity index (χ1n) is 12.0. The van der Waals surface area contributed by atoms with Crippen molar-refractivity contribution < 1.29 is 14.3 Å². The standard InChI is InChI=1S/C27H31N3O3/c1-3-33-22-15-13-21(14-16-22)30-25(31)24-17-19-9-7-8-12-23(19)29(24)18-27(30,2)26(32)28-20-10-5-4-6-11-20/h7-9,12-17,20H,3-6,10-11,18H2,1-2H3,(H,28,32). The molecule has 1 aliphatic carbocycles. The van der Waals surface area contributed by atoms with Crippen molar-refractivity contribution in [1.29, 1.82) is 0 Å². The number of amides is 2. The minimum absolute atomic E-state index is 0.0972. The third-order valence-electron chi connectivity index (χ3n) is 7.03. The second kappa shape index (κ2) is 8.58. The first-order chi connectivity index (χ1) is 16.0. The fourth-order valence-corrected chi connectivity index (χ4v) is 5.30. The summed E-state index contributed by atoms with van der Waals surface area (Å²) in [4.78, 5) is 29.4. The molecule has 2 heterocycles. The van der Waals surface area contributed by atoms with E-state index >= 15 is 0 Å². The van der Waals surface area contributed by atoms with Gasteiger partial charge in [-0.2, -0.15) is 0 Å². The molecule has 172 valence electrons. The largest absolute Gasteiger partial charge is 0.494 e. The number of nitrogens with one attached hydrogen (secondary N) is 1. The Hall–Kier alpha value is -3.28. The summed E-state index contributed by atoms with van der Waals surface area (Å²) in [7, 11) is 0.